The van der Waals surface area contributed by atoms with Crippen molar-refractivity contribution >= 4 is 6.03 Å². The highest BCUT2D eigenvalue weighted by Crippen LogP contribution is 2.21. The standard InChI is InChI=1S/C21H24N6O2/c1-2-22-21(28)26-10-8-17(9-11-26)29-20-12-19(23-14-24-20)27-13-18(25-15-27)16-6-4-3-5-7-16/h3-7,12-15,17H,2,8-11H2,1H3,(H,22,28). The normalized spacial score (nSPS) is 14.6. The summed E-state index contributed by atoms with van der Waals surface area (Å²) in [5.41, 5.74) is 1.93. The number of hydrogen-bond donors (Lipinski definition) is 1. The molecular formula is C21H24N6O2. The van der Waals surface area contributed by atoms with Crippen molar-refractivity contribution in [3.05, 3.63) is 55.2 Å². The van der Waals surface area contributed by atoms with Crippen LogP contribution in [0.2, 0.25) is 0 Å². The van der Waals surface area contributed by atoms with Crippen LogP contribution in [0.3, 0.4) is 0 Å². The van der Waals surface area contributed by atoms with Crippen molar-refractivity contribution in [1.82, 2.24) is 29.7 Å². The second-order valence-corrected chi connectivity index (χ2v) is 6.89. The molecule has 2 amide bonds. The van der Waals surface area contributed by atoms with Gasteiger partial charge < -0.3 is 15.0 Å². The number of amides is 2. The summed E-state index contributed by atoms with van der Waals surface area (Å²) in [6, 6.07) is 11.8. The average Bonchev–Trinajstić information content (AvgIpc) is 3.26. The fourth-order valence-corrected chi connectivity index (χ4v) is 3.35. The molecule has 2 aromatic heterocycles. The molecule has 1 fully saturated rings. The highest BCUT2D eigenvalue weighted by molar-refractivity contribution is 5.74. The number of piperidine rings is 1. The van der Waals surface area contributed by atoms with Gasteiger partial charge in [0.15, 0.2) is 0 Å². The molecule has 3 heterocycles. The van der Waals surface area contributed by atoms with Crippen molar-refractivity contribution < 1.29 is 9.53 Å². The minimum Gasteiger partial charge on any atom is -0.474 e. The lowest BCUT2D eigenvalue weighted by Crippen LogP contribution is -2.46. The number of nitrogens with one attached hydrogen (secondary N) is 1. The molecule has 0 unspecified atom stereocenters. The van der Waals surface area contributed by atoms with Gasteiger partial charge in [0.1, 0.15) is 24.6 Å². The number of carbonyl (C=O) groups excluding carboxylic acids is 1. The third kappa shape index (κ3) is 4.53. The van der Waals surface area contributed by atoms with E-state index in [-0.39, 0.29) is 12.1 Å². The molecular weight excluding hydrogens is 368 g/mol. The molecule has 8 heteroatoms. The Kier molecular flexibility index (Phi) is 5.69. The lowest BCUT2D eigenvalue weighted by atomic mass is 10.1. The predicted molar refractivity (Wildman–Crippen MR) is 109 cm³/mol. The summed E-state index contributed by atoms with van der Waals surface area (Å²) in [6.45, 7) is 3.91. The summed E-state index contributed by atoms with van der Waals surface area (Å²) in [7, 11) is 0. The van der Waals surface area contributed by atoms with Gasteiger partial charge in [-0.1, -0.05) is 30.3 Å². The van der Waals surface area contributed by atoms with Gasteiger partial charge in [-0.2, -0.15) is 0 Å². The molecule has 3 aromatic rings. The summed E-state index contributed by atoms with van der Waals surface area (Å²) < 4.78 is 7.91. The van der Waals surface area contributed by atoms with Crippen LogP contribution in [0.15, 0.2) is 55.2 Å². The van der Waals surface area contributed by atoms with E-state index in [0.717, 1.165) is 24.1 Å². The van der Waals surface area contributed by atoms with Crippen LogP contribution < -0.4 is 10.1 Å². The van der Waals surface area contributed by atoms with Gasteiger partial charge in [-0.3, -0.25) is 4.57 Å². The molecule has 150 valence electrons. The zero-order valence-electron chi connectivity index (χ0n) is 16.4. The van der Waals surface area contributed by atoms with Crippen LogP contribution in [0, 0.1) is 0 Å². The van der Waals surface area contributed by atoms with E-state index in [2.05, 4.69) is 20.3 Å². The Morgan fingerprint density at radius 3 is 2.72 bits per heavy atom. The molecule has 0 aliphatic carbocycles. The van der Waals surface area contributed by atoms with E-state index in [1.54, 1.807) is 6.33 Å². The monoisotopic (exact) mass is 392 g/mol. The van der Waals surface area contributed by atoms with Crippen LogP contribution in [-0.4, -0.2) is 56.2 Å². The van der Waals surface area contributed by atoms with Crippen LogP contribution in [0.5, 0.6) is 5.88 Å². The number of benzene rings is 1. The number of ether oxygens (including phenoxy) is 1. The van der Waals surface area contributed by atoms with E-state index in [1.165, 1.54) is 6.33 Å². The van der Waals surface area contributed by atoms with Crippen LogP contribution in [0.1, 0.15) is 19.8 Å². The van der Waals surface area contributed by atoms with Crippen LogP contribution in [-0.2, 0) is 0 Å². The Morgan fingerprint density at radius 2 is 1.97 bits per heavy atom. The van der Waals surface area contributed by atoms with Gasteiger partial charge in [0.05, 0.1) is 5.69 Å². The number of hydrogen-bond acceptors (Lipinski definition) is 5. The summed E-state index contributed by atoms with van der Waals surface area (Å²) >= 11 is 0. The number of carbonyl (C=O) groups is 1. The van der Waals surface area contributed by atoms with Crippen LogP contribution in [0.25, 0.3) is 17.1 Å². The third-order valence-electron chi connectivity index (χ3n) is 4.89. The SMILES string of the molecule is CCNC(=O)N1CCC(Oc2cc(-n3cnc(-c4ccccc4)c3)ncn2)CC1. The molecule has 1 saturated heterocycles. The van der Waals surface area contributed by atoms with E-state index in [9.17, 15) is 4.79 Å². The Hall–Kier alpha value is -3.42. The Bertz CT molecular complexity index is 951. The average molecular weight is 392 g/mol. The number of nitrogens with zero attached hydrogens (tertiary/aromatic N) is 5. The maximum Gasteiger partial charge on any atom is 0.317 e. The maximum atomic E-state index is 11.9. The van der Waals surface area contributed by atoms with E-state index < -0.39 is 0 Å². The van der Waals surface area contributed by atoms with Gasteiger partial charge in [0.2, 0.25) is 5.88 Å². The summed E-state index contributed by atoms with van der Waals surface area (Å²) in [5, 5.41) is 2.84. The number of likely N-dealkylation sites (tertiary alicyclic amines) is 1. The maximum absolute atomic E-state index is 11.9. The zero-order chi connectivity index (χ0) is 20.1. The van der Waals surface area contributed by atoms with Crippen molar-refractivity contribution in [1.29, 1.82) is 0 Å². The molecule has 1 aliphatic rings. The molecule has 0 saturated carbocycles. The van der Waals surface area contributed by atoms with Gasteiger partial charge in [0.25, 0.3) is 0 Å². The fourth-order valence-electron chi connectivity index (χ4n) is 3.35. The Labute approximate surface area is 169 Å². The first-order valence-corrected chi connectivity index (χ1v) is 9.84. The van der Waals surface area contributed by atoms with Gasteiger partial charge >= 0.3 is 6.03 Å². The second-order valence-electron chi connectivity index (χ2n) is 6.89. The smallest absolute Gasteiger partial charge is 0.317 e. The molecule has 1 aromatic carbocycles. The van der Waals surface area contributed by atoms with Crippen molar-refractivity contribution in [3.63, 3.8) is 0 Å². The molecule has 0 bridgehead atoms. The van der Waals surface area contributed by atoms with E-state index in [4.69, 9.17) is 4.74 Å². The highest BCUT2D eigenvalue weighted by atomic mass is 16.5. The quantitative estimate of drug-likeness (QED) is 0.722. The molecule has 0 atom stereocenters. The number of imidazole rings is 1. The second kappa shape index (κ2) is 8.72. The first kappa shape index (κ1) is 18.9. The van der Waals surface area contributed by atoms with Gasteiger partial charge in [-0.25, -0.2) is 19.7 Å². The van der Waals surface area contributed by atoms with Gasteiger partial charge in [-0.15, -0.1) is 0 Å². The summed E-state index contributed by atoms with van der Waals surface area (Å²) in [6.07, 6.45) is 6.76. The van der Waals surface area contributed by atoms with Gasteiger partial charge in [-0.05, 0) is 6.92 Å². The Morgan fingerprint density at radius 1 is 1.17 bits per heavy atom. The van der Waals surface area contributed by atoms with Crippen molar-refractivity contribution in [2.24, 2.45) is 0 Å². The van der Waals surface area contributed by atoms with Crippen molar-refractivity contribution in [2.45, 2.75) is 25.9 Å². The van der Waals surface area contributed by atoms with Crippen molar-refractivity contribution in [3.8, 4) is 23.0 Å². The first-order chi connectivity index (χ1) is 14.2. The van der Waals surface area contributed by atoms with Crippen LogP contribution in [0.4, 0.5) is 4.79 Å². The summed E-state index contributed by atoms with van der Waals surface area (Å²) in [5.74, 6) is 1.23. The lowest BCUT2D eigenvalue weighted by Gasteiger charge is -2.31. The largest absolute Gasteiger partial charge is 0.474 e. The number of urea groups is 1. The lowest BCUT2D eigenvalue weighted by molar-refractivity contribution is 0.107. The molecule has 8 nitrogen and oxygen atoms in total. The minimum absolute atomic E-state index is 0.00963. The molecule has 0 radical (unpaired) electrons. The molecule has 1 aliphatic heterocycles. The topological polar surface area (TPSA) is 85.2 Å². The third-order valence-corrected chi connectivity index (χ3v) is 4.89. The number of rotatable bonds is 5. The van der Waals surface area contributed by atoms with E-state index in [1.807, 2.05) is 59.0 Å². The first-order valence-electron chi connectivity index (χ1n) is 9.84. The number of aromatic nitrogens is 4. The molecule has 0 spiro atoms. The summed E-state index contributed by atoms with van der Waals surface area (Å²) in [4.78, 5) is 26.8. The Balaban J connectivity index is 1.40. The predicted octanol–water partition coefficient (Wildman–Crippen LogP) is 2.90. The van der Waals surface area contributed by atoms with E-state index in [0.29, 0.717) is 31.3 Å². The zero-order valence-corrected chi connectivity index (χ0v) is 16.4. The molecule has 29 heavy (non-hydrogen) atoms. The highest BCUT2D eigenvalue weighted by Gasteiger charge is 2.24. The molecule has 1 N–H and O–H groups in total. The van der Waals surface area contributed by atoms with Crippen molar-refractivity contribution in [2.75, 3.05) is 19.6 Å². The van der Waals surface area contributed by atoms with Crippen LogP contribution >= 0.6 is 0 Å². The van der Waals surface area contributed by atoms with E-state index >= 15 is 0 Å². The van der Waals surface area contributed by atoms with Gasteiger partial charge in [0, 0.05) is 50.3 Å². The minimum atomic E-state index is -0.00963. The molecule has 4 rings (SSSR count). The fraction of sp³-hybridized carbons (Fsp3) is 0.333.